The number of carboxylic acid groups (broad SMARTS) is 1. The molecule has 8 N–H and O–H groups in total. The van der Waals surface area contributed by atoms with E-state index >= 15 is 0 Å². The highest BCUT2D eigenvalue weighted by molar-refractivity contribution is 7.80. The van der Waals surface area contributed by atoms with Crippen LogP contribution in [0.5, 0.6) is 0 Å². The number of hydrogen-bond donors (Lipinski definition) is 7. The number of carboxylic acids is 1. The Bertz CT molecular complexity index is 517. The predicted octanol–water partition coefficient (Wildman–Crippen LogP) is -1.80. The molecule has 0 aromatic rings. The van der Waals surface area contributed by atoms with Crippen molar-refractivity contribution in [2.75, 3.05) is 18.8 Å². The molecule has 3 atom stereocenters. The van der Waals surface area contributed by atoms with E-state index in [-0.39, 0.29) is 11.7 Å². The quantitative estimate of drug-likeness (QED) is 0.140. The fraction of sp³-hybridized carbons (Fsp3) is 0.750. The lowest BCUT2D eigenvalue weighted by Gasteiger charge is -2.23. The number of thiol groups is 1. The third-order valence-corrected chi connectivity index (χ3v) is 4.16. The lowest BCUT2D eigenvalue weighted by molar-refractivity contribution is -0.141. The number of nitrogens with one attached hydrogen (secondary N) is 3. The predicted molar refractivity (Wildman–Crippen MR) is 104 cm³/mol. The molecule has 10 nitrogen and oxygen atoms in total. The SMILES string of the molecule is CC(C)C(NC(=O)C(N)CCCCN)C(=O)NCC(=O)NC(CS)C(=O)O. The van der Waals surface area contributed by atoms with Gasteiger partial charge in [0.15, 0.2) is 0 Å². The van der Waals surface area contributed by atoms with Gasteiger partial charge in [0.1, 0.15) is 12.1 Å². The number of rotatable bonds is 13. The standard InChI is InChI=1S/C16H31N5O5S/c1-9(2)13(21-14(23)10(18)5-3-4-6-17)15(24)19-7-12(22)20-11(8-27)16(25)26/h9-11,13,27H,3-8,17-18H2,1-2H3,(H,19,24)(H,20,22)(H,21,23)(H,25,26). The summed E-state index contributed by atoms with van der Waals surface area (Å²) >= 11 is 3.84. The van der Waals surface area contributed by atoms with E-state index in [9.17, 15) is 19.2 Å². The highest BCUT2D eigenvalue weighted by atomic mass is 32.1. The minimum Gasteiger partial charge on any atom is -0.480 e. The van der Waals surface area contributed by atoms with Gasteiger partial charge in [0.2, 0.25) is 17.7 Å². The summed E-state index contributed by atoms with van der Waals surface area (Å²) in [6.45, 7) is 3.58. The molecule has 0 saturated carbocycles. The van der Waals surface area contributed by atoms with Crippen molar-refractivity contribution in [2.45, 2.75) is 51.2 Å². The fourth-order valence-corrected chi connectivity index (χ4v) is 2.39. The van der Waals surface area contributed by atoms with E-state index in [1.807, 2.05) is 0 Å². The molecule has 11 heteroatoms. The number of nitrogens with two attached hydrogens (primary N) is 2. The summed E-state index contributed by atoms with van der Waals surface area (Å²) in [5, 5.41) is 16.1. The molecule has 27 heavy (non-hydrogen) atoms. The van der Waals surface area contributed by atoms with E-state index < -0.39 is 48.4 Å². The van der Waals surface area contributed by atoms with Crippen LogP contribution >= 0.6 is 12.6 Å². The van der Waals surface area contributed by atoms with Crippen LogP contribution in [0.3, 0.4) is 0 Å². The van der Waals surface area contributed by atoms with Crippen molar-refractivity contribution >= 4 is 36.3 Å². The van der Waals surface area contributed by atoms with Crippen molar-refractivity contribution in [3.63, 3.8) is 0 Å². The zero-order chi connectivity index (χ0) is 21.0. The molecule has 0 spiro atoms. The summed E-state index contributed by atoms with van der Waals surface area (Å²) < 4.78 is 0. The van der Waals surface area contributed by atoms with Crippen LogP contribution in [0.2, 0.25) is 0 Å². The smallest absolute Gasteiger partial charge is 0.327 e. The number of carbonyl (C=O) groups excluding carboxylic acids is 3. The third kappa shape index (κ3) is 10.2. The van der Waals surface area contributed by atoms with Crippen LogP contribution in [0.4, 0.5) is 0 Å². The number of carbonyl (C=O) groups is 4. The van der Waals surface area contributed by atoms with Gasteiger partial charge in [-0.25, -0.2) is 4.79 Å². The maximum Gasteiger partial charge on any atom is 0.327 e. The Morgan fingerprint density at radius 1 is 1.07 bits per heavy atom. The maximum absolute atomic E-state index is 12.3. The Morgan fingerprint density at radius 2 is 1.70 bits per heavy atom. The summed E-state index contributed by atoms with van der Waals surface area (Å²) in [6, 6.07) is -2.77. The molecule has 0 bridgehead atoms. The van der Waals surface area contributed by atoms with E-state index in [0.29, 0.717) is 19.4 Å². The molecule has 3 unspecified atom stereocenters. The van der Waals surface area contributed by atoms with E-state index in [4.69, 9.17) is 16.6 Å². The Hall–Kier alpha value is -1.85. The minimum absolute atomic E-state index is 0.0816. The van der Waals surface area contributed by atoms with Gasteiger partial charge >= 0.3 is 5.97 Å². The van der Waals surface area contributed by atoms with Gasteiger partial charge in [-0.05, 0) is 25.3 Å². The molecule has 0 aliphatic rings. The number of unbranched alkanes of at least 4 members (excludes halogenated alkanes) is 1. The first-order valence-electron chi connectivity index (χ1n) is 8.80. The first kappa shape index (κ1) is 25.1. The molecular weight excluding hydrogens is 374 g/mol. The average molecular weight is 406 g/mol. The molecule has 0 aromatic heterocycles. The summed E-state index contributed by atoms with van der Waals surface area (Å²) in [5.74, 6) is -3.22. The topological polar surface area (TPSA) is 177 Å². The van der Waals surface area contributed by atoms with Gasteiger partial charge in [-0.15, -0.1) is 0 Å². The lowest BCUT2D eigenvalue weighted by Crippen LogP contribution is -2.55. The van der Waals surface area contributed by atoms with Crippen molar-refractivity contribution in [1.29, 1.82) is 0 Å². The van der Waals surface area contributed by atoms with Gasteiger partial charge in [0.05, 0.1) is 12.6 Å². The van der Waals surface area contributed by atoms with Gasteiger partial charge in [-0.1, -0.05) is 20.3 Å². The molecule has 0 fully saturated rings. The maximum atomic E-state index is 12.3. The van der Waals surface area contributed by atoms with Gasteiger partial charge in [0.25, 0.3) is 0 Å². The van der Waals surface area contributed by atoms with Crippen LogP contribution in [0.25, 0.3) is 0 Å². The number of amides is 3. The zero-order valence-corrected chi connectivity index (χ0v) is 16.6. The largest absolute Gasteiger partial charge is 0.480 e. The van der Waals surface area contributed by atoms with E-state index in [1.165, 1.54) is 0 Å². The number of hydrogen-bond acceptors (Lipinski definition) is 7. The molecular formula is C16H31N5O5S. The second kappa shape index (κ2) is 13.3. The highest BCUT2D eigenvalue weighted by Crippen LogP contribution is 2.04. The fourth-order valence-electron chi connectivity index (χ4n) is 2.14. The molecule has 0 radical (unpaired) electrons. The third-order valence-electron chi connectivity index (χ3n) is 3.79. The Morgan fingerprint density at radius 3 is 2.19 bits per heavy atom. The van der Waals surface area contributed by atoms with Crippen molar-refractivity contribution in [3.8, 4) is 0 Å². The molecule has 0 aliphatic carbocycles. The normalized spacial score (nSPS) is 14.1. The van der Waals surface area contributed by atoms with Crippen LogP contribution in [-0.4, -0.2) is 65.8 Å². The Labute approximate surface area is 164 Å². The van der Waals surface area contributed by atoms with Crippen molar-refractivity contribution in [2.24, 2.45) is 17.4 Å². The number of aliphatic carboxylic acids is 1. The molecule has 3 amide bonds. The van der Waals surface area contributed by atoms with E-state index in [0.717, 1.165) is 6.42 Å². The van der Waals surface area contributed by atoms with Crippen LogP contribution in [-0.2, 0) is 19.2 Å². The van der Waals surface area contributed by atoms with E-state index in [1.54, 1.807) is 13.8 Å². The molecule has 0 rings (SSSR count). The first-order chi connectivity index (χ1) is 12.6. The summed E-state index contributed by atoms with van der Waals surface area (Å²) in [7, 11) is 0. The molecule has 0 heterocycles. The van der Waals surface area contributed by atoms with Gasteiger partial charge < -0.3 is 32.5 Å². The summed E-state index contributed by atoms with van der Waals surface area (Å²) in [4.78, 5) is 47.1. The van der Waals surface area contributed by atoms with Gasteiger partial charge in [0, 0.05) is 5.75 Å². The Kier molecular flexibility index (Phi) is 12.4. The van der Waals surface area contributed by atoms with Gasteiger partial charge in [-0.2, -0.15) is 12.6 Å². The second-order valence-corrected chi connectivity index (χ2v) is 6.85. The zero-order valence-electron chi connectivity index (χ0n) is 15.7. The lowest BCUT2D eigenvalue weighted by atomic mass is 10.0. The van der Waals surface area contributed by atoms with Crippen LogP contribution in [0.15, 0.2) is 0 Å². The minimum atomic E-state index is -1.22. The molecule has 156 valence electrons. The summed E-state index contributed by atoms with van der Waals surface area (Å²) in [6.07, 6.45) is 1.92. The van der Waals surface area contributed by atoms with Crippen LogP contribution < -0.4 is 27.4 Å². The van der Waals surface area contributed by atoms with E-state index in [2.05, 4.69) is 28.6 Å². The average Bonchev–Trinajstić information content (AvgIpc) is 2.61. The van der Waals surface area contributed by atoms with Crippen LogP contribution in [0.1, 0.15) is 33.1 Å². The monoisotopic (exact) mass is 405 g/mol. The molecule has 0 aliphatic heterocycles. The molecule has 0 aromatic carbocycles. The second-order valence-electron chi connectivity index (χ2n) is 6.48. The summed E-state index contributed by atoms with van der Waals surface area (Å²) in [5.41, 5.74) is 11.2. The Balaban J connectivity index is 4.60. The first-order valence-corrected chi connectivity index (χ1v) is 9.44. The van der Waals surface area contributed by atoms with Gasteiger partial charge in [-0.3, -0.25) is 14.4 Å². The molecule has 0 saturated heterocycles. The highest BCUT2D eigenvalue weighted by Gasteiger charge is 2.27. The van der Waals surface area contributed by atoms with Crippen LogP contribution in [0, 0.1) is 5.92 Å². The van der Waals surface area contributed by atoms with Crippen molar-refractivity contribution in [1.82, 2.24) is 16.0 Å². The van der Waals surface area contributed by atoms with Crippen molar-refractivity contribution < 1.29 is 24.3 Å². The van der Waals surface area contributed by atoms with Crippen molar-refractivity contribution in [3.05, 3.63) is 0 Å².